The van der Waals surface area contributed by atoms with Crippen molar-refractivity contribution in [3.63, 3.8) is 0 Å². The van der Waals surface area contributed by atoms with Crippen LogP contribution in [0.25, 0.3) is 0 Å². The fourth-order valence-corrected chi connectivity index (χ4v) is 5.76. The third-order valence-corrected chi connectivity index (χ3v) is 7.84. The number of hydrogen-bond donors (Lipinski definition) is 2. The van der Waals surface area contributed by atoms with Crippen LogP contribution in [-0.2, 0) is 24.3 Å². The molecule has 0 spiro atoms. The minimum atomic E-state index is -0.698. The molecule has 2 N–H and O–H groups in total. The van der Waals surface area contributed by atoms with Crippen LogP contribution in [0.15, 0.2) is 71.9 Å². The van der Waals surface area contributed by atoms with Crippen LogP contribution in [0.4, 0.5) is 11.4 Å². The summed E-state index contributed by atoms with van der Waals surface area (Å²) in [5, 5.41) is 9.73. The van der Waals surface area contributed by atoms with Crippen molar-refractivity contribution in [1.29, 1.82) is 0 Å². The zero-order valence-electron chi connectivity index (χ0n) is 20.2. The maximum atomic E-state index is 13.4. The van der Waals surface area contributed by atoms with E-state index in [1.54, 1.807) is 23.7 Å². The van der Waals surface area contributed by atoms with E-state index >= 15 is 0 Å². The Kier molecular flexibility index (Phi) is 6.09. The van der Waals surface area contributed by atoms with E-state index in [0.29, 0.717) is 18.0 Å². The van der Waals surface area contributed by atoms with Gasteiger partial charge in [-0.2, -0.15) is 0 Å². The van der Waals surface area contributed by atoms with E-state index in [1.807, 2.05) is 42.7 Å². The van der Waals surface area contributed by atoms with Crippen molar-refractivity contribution in [3.8, 4) is 0 Å². The van der Waals surface area contributed by atoms with Crippen LogP contribution in [0.3, 0.4) is 0 Å². The molecule has 0 saturated carbocycles. The number of aromatic nitrogens is 4. The Labute approximate surface area is 218 Å². The lowest BCUT2D eigenvalue weighted by Gasteiger charge is -2.24. The summed E-state index contributed by atoms with van der Waals surface area (Å²) >= 11 is 1.55. The number of pyridine rings is 1. The fourth-order valence-electron chi connectivity index (χ4n) is 4.68. The van der Waals surface area contributed by atoms with E-state index in [0.717, 1.165) is 34.9 Å². The van der Waals surface area contributed by atoms with Crippen molar-refractivity contribution in [2.75, 3.05) is 22.6 Å². The third kappa shape index (κ3) is 4.67. The van der Waals surface area contributed by atoms with Crippen molar-refractivity contribution in [1.82, 2.24) is 25.5 Å². The molecule has 0 bridgehead atoms. The van der Waals surface area contributed by atoms with E-state index < -0.39 is 11.9 Å². The standard InChI is InChI=1S/C27H25N7O2S/c1-33-22-12-20(34-14-18-9-10-28-13-19(18)15-34)7-8-23(22)37-16-21(27(33)36)29-26(35)25-30-24(31-32-25)11-17-5-3-2-4-6-17/h2-10,12-13,21H,11,14-16H2,1H3,(H,29,35)(H,30,31,32)/t21-/m0/s1. The van der Waals surface area contributed by atoms with Crippen molar-refractivity contribution < 1.29 is 9.59 Å². The number of rotatable bonds is 5. The minimum absolute atomic E-state index is 0.0264. The first-order chi connectivity index (χ1) is 18.0. The minimum Gasteiger partial charge on any atom is -0.363 e. The van der Waals surface area contributed by atoms with Gasteiger partial charge in [0.05, 0.1) is 5.69 Å². The van der Waals surface area contributed by atoms with Crippen LogP contribution in [0.5, 0.6) is 0 Å². The molecule has 0 unspecified atom stereocenters. The van der Waals surface area contributed by atoms with Gasteiger partial charge in [0.15, 0.2) is 0 Å². The molecule has 2 amide bonds. The number of anilines is 2. The normalized spacial score (nSPS) is 16.8. The second-order valence-electron chi connectivity index (χ2n) is 9.15. The van der Waals surface area contributed by atoms with Crippen molar-refractivity contribution in [2.45, 2.75) is 30.4 Å². The molecule has 4 aromatic rings. The molecule has 0 fully saturated rings. The van der Waals surface area contributed by atoms with Gasteiger partial charge in [0.25, 0.3) is 5.91 Å². The van der Waals surface area contributed by atoms with E-state index in [4.69, 9.17) is 0 Å². The number of benzene rings is 2. The second-order valence-corrected chi connectivity index (χ2v) is 10.2. The molecule has 0 aliphatic carbocycles. The van der Waals surface area contributed by atoms with Crippen LogP contribution in [0.2, 0.25) is 0 Å². The number of H-pyrrole nitrogens is 1. The Balaban J connectivity index is 1.14. The second kappa shape index (κ2) is 9.70. The predicted molar refractivity (Wildman–Crippen MR) is 142 cm³/mol. The van der Waals surface area contributed by atoms with E-state index in [-0.39, 0.29) is 11.7 Å². The van der Waals surface area contributed by atoms with Gasteiger partial charge in [0, 0.05) is 55.3 Å². The number of aromatic amines is 1. The van der Waals surface area contributed by atoms with Crippen LogP contribution in [0, 0.1) is 0 Å². The van der Waals surface area contributed by atoms with Gasteiger partial charge in [0.1, 0.15) is 11.9 Å². The number of amides is 2. The van der Waals surface area contributed by atoms with Gasteiger partial charge in [-0.3, -0.25) is 19.7 Å². The maximum absolute atomic E-state index is 13.4. The summed E-state index contributed by atoms with van der Waals surface area (Å²) in [6.45, 7) is 1.59. The van der Waals surface area contributed by atoms with Crippen LogP contribution < -0.4 is 15.1 Å². The Morgan fingerprint density at radius 2 is 1.97 bits per heavy atom. The first kappa shape index (κ1) is 23.2. The topological polar surface area (TPSA) is 107 Å². The number of likely N-dealkylation sites (N-methyl/N-ethyl adjacent to an activating group) is 1. The lowest BCUT2D eigenvalue weighted by molar-refractivity contribution is -0.119. The molecule has 2 aliphatic rings. The molecular formula is C27H25N7O2S. The third-order valence-electron chi connectivity index (χ3n) is 6.68. The molecular weight excluding hydrogens is 486 g/mol. The summed E-state index contributed by atoms with van der Waals surface area (Å²) in [5.41, 5.74) is 5.43. The number of carbonyl (C=O) groups excluding carboxylic acids is 2. The number of hydrogen-bond acceptors (Lipinski definition) is 7. The van der Waals surface area contributed by atoms with Crippen molar-refractivity contribution >= 4 is 35.0 Å². The largest absolute Gasteiger partial charge is 0.363 e. The van der Waals surface area contributed by atoms with E-state index in [1.165, 1.54) is 11.1 Å². The molecule has 186 valence electrons. The van der Waals surface area contributed by atoms with Crippen molar-refractivity contribution in [2.24, 2.45) is 0 Å². The molecule has 2 aromatic heterocycles. The molecule has 37 heavy (non-hydrogen) atoms. The highest BCUT2D eigenvalue weighted by atomic mass is 32.2. The molecule has 4 heterocycles. The maximum Gasteiger partial charge on any atom is 0.291 e. The first-order valence-electron chi connectivity index (χ1n) is 12.0. The zero-order valence-corrected chi connectivity index (χ0v) is 21.0. The number of carbonyl (C=O) groups is 2. The lowest BCUT2D eigenvalue weighted by atomic mass is 10.1. The number of fused-ring (bicyclic) bond motifs is 2. The average Bonchev–Trinajstić information content (AvgIpc) is 3.55. The Morgan fingerprint density at radius 1 is 1.14 bits per heavy atom. The monoisotopic (exact) mass is 511 g/mol. The summed E-state index contributed by atoms with van der Waals surface area (Å²) < 4.78 is 0. The summed E-state index contributed by atoms with van der Waals surface area (Å²) in [6, 6.07) is 17.4. The van der Waals surface area contributed by atoms with Gasteiger partial charge in [-0.25, -0.2) is 4.98 Å². The van der Waals surface area contributed by atoms with Crippen LogP contribution in [0.1, 0.15) is 33.1 Å². The highest BCUT2D eigenvalue weighted by molar-refractivity contribution is 7.99. The Hall–Kier alpha value is -4.18. The van der Waals surface area contributed by atoms with Gasteiger partial charge in [0.2, 0.25) is 11.7 Å². The smallest absolute Gasteiger partial charge is 0.291 e. The molecule has 10 heteroatoms. The Bertz CT molecular complexity index is 1450. The van der Waals surface area contributed by atoms with Crippen molar-refractivity contribution in [3.05, 3.63) is 95.3 Å². The molecule has 0 radical (unpaired) electrons. The van der Waals surface area contributed by atoms with Gasteiger partial charge < -0.3 is 15.1 Å². The van der Waals surface area contributed by atoms with Gasteiger partial charge in [-0.15, -0.1) is 16.9 Å². The molecule has 2 aliphatic heterocycles. The highest BCUT2D eigenvalue weighted by Crippen LogP contribution is 2.38. The van der Waals surface area contributed by atoms with E-state index in [9.17, 15) is 9.59 Å². The predicted octanol–water partition coefficient (Wildman–Crippen LogP) is 3.18. The fraction of sp³-hybridized carbons (Fsp3) is 0.222. The van der Waals surface area contributed by atoms with Gasteiger partial charge in [-0.1, -0.05) is 30.3 Å². The van der Waals surface area contributed by atoms with Gasteiger partial charge in [-0.05, 0) is 41.0 Å². The lowest BCUT2D eigenvalue weighted by Crippen LogP contribution is -2.48. The first-order valence-corrected chi connectivity index (χ1v) is 13.0. The van der Waals surface area contributed by atoms with Gasteiger partial charge >= 0.3 is 0 Å². The summed E-state index contributed by atoms with van der Waals surface area (Å²) in [5.74, 6) is 0.389. The van der Waals surface area contributed by atoms with Crippen LogP contribution >= 0.6 is 11.8 Å². The quantitative estimate of drug-likeness (QED) is 0.424. The highest BCUT2D eigenvalue weighted by Gasteiger charge is 2.31. The summed E-state index contributed by atoms with van der Waals surface area (Å²) in [6.07, 6.45) is 4.27. The summed E-state index contributed by atoms with van der Waals surface area (Å²) in [7, 11) is 1.75. The molecule has 9 nitrogen and oxygen atoms in total. The molecule has 1 atom stereocenters. The van der Waals surface area contributed by atoms with Crippen LogP contribution in [-0.4, -0.2) is 50.8 Å². The SMILES string of the molecule is CN1C(=O)[C@@H](NC(=O)c2n[nH]c(Cc3ccccc3)n2)CSc2ccc(N3Cc4ccncc4C3)cc21. The zero-order chi connectivity index (χ0) is 25.4. The number of thioether (sulfide) groups is 1. The molecule has 2 aromatic carbocycles. The average molecular weight is 512 g/mol. The van der Waals surface area contributed by atoms with E-state index in [2.05, 4.69) is 54.6 Å². The number of nitrogens with zero attached hydrogens (tertiary/aromatic N) is 5. The molecule has 6 rings (SSSR count). The Morgan fingerprint density at radius 3 is 2.81 bits per heavy atom. The molecule has 0 saturated heterocycles. The summed E-state index contributed by atoms with van der Waals surface area (Å²) in [4.78, 5) is 39.7. The number of nitrogens with one attached hydrogen (secondary N) is 2.